The number of halogens is 5. The number of rotatable bonds is 2. The van der Waals surface area contributed by atoms with E-state index in [1.165, 1.54) is 12.1 Å². The van der Waals surface area contributed by atoms with Crippen molar-refractivity contribution < 1.29 is 4.74 Å². The Bertz CT molecular complexity index is 625. The Morgan fingerprint density at radius 2 is 1.42 bits per heavy atom. The van der Waals surface area contributed by atoms with Crippen molar-refractivity contribution in [2.75, 3.05) is 5.73 Å². The van der Waals surface area contributed by atoms with E-state index < -0.39 is 0 Å². The topological polar surface area (TPSA) is 35.2 Å². The highest BCUT2D eigenvalue weighted by atomic mass is 79.9. The van der Waals surface area contributed by atoms with E-state index in [0.29, 0.717) is 36.0 Å². The maximum absolute atomic E-state index is 6.06. The molecule has 0 aliphatic carbocycles. The average Bonchev–Trinajstić information content (AvgIpc) is 2.29. The summed E-state index contributed by atoms with van der Waals surface area (Å²) in [6.07, 6.45) is 0. The van der Waals surface area contributed by atoms with Crippen molar-refractivity contribution >= 4 is 68.0 Å². The first kappa shape index (κ1) is 15.1. The Morgan fingerprint density at radius 1 is 0.842 bits per heavy atom. The van der Waals surface area contributed by atoms with Crippen LogP contribution in [0, 0.1) is 0 Å². The van der Waals surface area contributed by atoms with Gasteiger partial charge < -0.3 is 10.5 Å². The summed E-state index contributed by atoms with van der Waals surface area (Å²) in [6, 6.07) is 6.27. The van der Waals surface area contributed by atoms with Crippen LogP contribution >= 0.6 is 62.3 Å². The molecule has 0 radical (unpaired) electrons. The first-order chi connectivity index (χ1) is 8.88. The first-order valence-corrected chi connectivity index (χ1v) is 7.26. The van der Waals surface area contributed by atoms with Crippen molar-refractivity contribution in [3.05, 3.63) is 48.8 Å². The highest BCUT2D eigenvalue weighted by molar-refractivity contribution is 9.10. The zero-order valence-corrected chi connectivity index (χ0v) is 13.8. The Morgan fingerprint density at radius 3 is 2.00 bits per heavy atom. The lowest BCUT2D eigenvalue weighted by Crippen LogP contribution is -1.91. The van der Waals surface area contributed by atoms with Crippen LogP contribution < -0.4 is 10.5 Å². The minimum Gasteiger partial charge on any atom is -0.453 e. The molecule has 7 heteroatoms. The SMILES string of the molecule is Nc1cc(Cl)c(Oc2cc(Cl)c(Br)cc2Cl)c(Cl)c1. The summed E-state index contributed by atoms with van der Waals surface area (Å²) in [5.41, 5.74) is 6.06. The quantitative estimate of drug-likeness (QED) is 0.464. The van der Waals surface area contributed by atoms with Crippen molar-refractivity contribution in [3.63, 3.8) is 0 Å². The van der Waals surface area contributed by atoms with Crippen molar-refractivity contribution in [3.8, 4) is 11.5 Å². The van der Waals surface area contributed by atoms with Crippen LogP contribution in [0.2, 0.25) is 20.1 Å². The number of ether oxygens (including phenoxy) is 1. The van der Waals surface area contributed by atoms with Crippen molar-refractivity contribution in [2.24, 2.45) is 0 Å². The molecule has 0 amide bonds. The van der Waals surface area contributed by atoms with Gasteiger partial charge in [-0.25, -0.2) is 0 Å². The normalized spacial score (nSPS) is 10.6. The van der Waals surface area contributed by atoms with E-state index >= 15 is 0 Å². The Balaban J connectivity index is 2.45. The molecule has 0 aromatic heterocycles. The fourth-order valence-electron chi connectivity index (χ4n) is 1.37. The molecule has 0 aliphatic rings. The lowest BCUT2D eigenvalue weighted by atomic mass is 10.3. The van der Waals surface area contributed by atoms with Crippen LogP contribution in [0.15, 0.2) is 28.7 Å². The number of anilines is 1. The number of hydrogen-bond donors (Lipinski definition) is 1. The van der Waals surface area contributed by atoms with Gasteiger partial charge in [-0.05, 0) is 34.1 Å². The molecule has 2 aromatic carbocycles. The zero-order chi connectivity index (χ0) is 14.2. The van der Waals surface area contributed by atoms with Crippen molar-refractivity contribution in [1.82, 2.24) is 0 Å². The Hall–Kier alpha value is -0.320. The van der Waals surface area contributed by atoms with Crippen LogP contribution in [-0.2, 0) is 0 Å². The zero-order valence-electron chi connectivity index (χ0n) is 9.18. The summed E-state index contributed by atoms with van der Waals surface area (Å²) >= 11 is 27.4. The van der Waals surface area contributed by atoms with Crippen LogP contribution in [0.5, 0.6) is 11.5 Å². The molecule has 2 rings (SSSR count). The molecule has 2 N–H and O–H groups in total. The summed E-state index contributed by atoms with van der Waals surface area (Å²) in [5.74, 6) is 0.626. The van der Waals surface area contributed by atoms with E-state index in [2.05, 4.69) is 15.9 Å². The molecule has 0 atom stereocenters. The third-order valence-electron chi connectivity index (χ3n) is 2.21. The molecule has 100 valence electrons. The van der Waals surface area contributed by atoms with Crippen LogP contribution in [0.1, 0.15) is 0 Å². The second kappa shape index (κ2) is 5.98. The molecule has 0 spiro atoms. The number of nitrogen functional groups attached to an aromatic ring is 1. The third kappa shape index (κ3) is 3.41. The maximum Gasteiger partial charge on any atom is 0.164 e. The molecule has 2 aromatic rings. The lowest BCUT2D eigenvalue weighted by molar-refractivity contribution is 0.483. The fraction of sp³-hybridized carbons (Fsp3) is 0. The second-order valence-corrected chi connectivity index (χ2v) is 6.10. The van der Waals surface area contributed by atoms with E-state index in [4.69, 9.17) is 56.9 Å². The molecule has 2 nitrogen and oxygen atoms in total. The van der Waals surface area contributed by atoms with Gasteiger partial charge in [-0.2, -0.15) is 0 Å². The summed E-state index contributed by atoms with van der Waals surface area (Å²) < 4.78 is 6.27. The second-order valence-electron chi connectivity index (χ2n) is 3.61. The molecule has 19 heavy (non-hydrogen) atoms. The molecule has 0 saturated heterocycles. The molecule has 0 unspecified atom stereocenters. The Kier molecular flexibility index (Phi) is 4.75. The van der Waals surface area contributed by atoms with Crippen molar-refractivity contribution in [2.45, 2.75) is 0 Å². The molecule has 0 fully saturated rings. The molecule has 0 saturated carbocycles. The monoisotopic (exact) mass is 399 g/mol. The van der Waals surface area contributed by atoms with E-state index in [1.807, 2.05) is 0 Å². The summed E-state index contributed by atoms with van der Waals surface area (Å²) in [6.45, 7) is 0. The highest BCUT2D eigenvalue weighted by Crippen LogP contribution is 2.42. The van der Waals surface area contributed by atoms with Crippen LogP contribution in [0.3, 0.4) is 0 Å². The van der Waals surface area contributed by atoms with Gasteiger partial charge in [0.05, 0.1) is 20.1 Å². The van der Waals surface area contributed by atoms with Crippen LogP contribution in [-0.4, -0.2) is 0 Å². The molecular weight excluding hydrogens is 396 g/mol. The van der Waals surface area contributed by atoms with E-state index in [9.17, 15) is 0 Å². The summed E-state index contributed by atoms with van der Waals surface area (Å²) in [5, 5.41) is 1.42. The van der Waals surface area contributed by atoms with Gasteiger partial charge in [-0.1, -0.05) is 46.4 Å². The minimum atomic E-state index is 0.276. The third-order valence-corrected chi connectivity index (χ3v) is 4.26. The predicted octanol–water partition coefficient (Wildman–Crippen LogP) is 6.44. The average molecular weight is 402 g/mol. The van der Waals surface area contributed by atoms with Crippen LogP contribution in [0.25, 0.3) is 0 Å². The van der Waals surface area contributed by atoms with Gasteiger partial charge in [0.25, 0.3) is 0 Å². The first-order valence-electron chi connectivity index (χ1n) is 4.95. The van der Waals surface area contributed by atoms with Gasteiger partial charge >= 0.3 is 0 Å². The van der Waals surface area contributed by atoms with Gasteiger partial charge in [0.15, 0.2) is 5.75 Å². The van der Waals surface area contributed by atoms with Crippen molar-refractivity contribution in [1.29, 1.82) is 0 Å². The van der Waals surface area contributed by atoms with Gasteiger partial charge in [-0.3, -0.25) is 0 Å². The molecule has 0 aliphatic heterocycles. The fourth-order valence-corrected chi connectivity index (χ4v) is 2.78. The highest BCUT2D eigenvalue weighted by Gasteiger charge is 2.13. The Labute approximate surface area is 138 Å². The molecule has 0 heterocycles. The molecule has 0 bridgehead atoms. The largest absolute Gasteiger partial charge is 0.453 e. The van der Waals surface area contributed by atoms with E-state index in [-0.39, 0.29) is 5.75 Å². The van der Waals surface area contributed by atoms with E-state index in [0.717, 1.165) is 0 Å². The standard InChI is InChI=1S/C12H6BrCl4NO/c13-6-3-8(15)11(4-7(6)14)19-12-9(16)1-5(18)2-10(12)17/h1-4H,18H2. The smallest absolute Gasteiger partial charge is 0.164 e. The maximum atomic E-state index is 6.06. The van der Waals surface area contributed by atoms with Crippen LogP contribution in [0.4, 0.5) is 5.69 Å². The minimum absolute atomic E-state index is 0.276. The van der Waals surface area contributed by atoms with Gasteiger partial charge in [0.1, 0.15) is 5.75 Å². The predicted molar refractivity (Wildman–Crippen MR) is 85.1 cm³/mol. The van der Waals surface area contributed by atoms with Gasteiger partial charge in [-0.15, -0.1) is 0 Å². The molecular formula is C12H6BrCl4NO. The van der Waals surface area contributed by atoms with Gasteiger partial charge in [0, 0.05) is 16.2 Å². The number of hydrogen-bond acceptors (Lipinski definition) is 2. The van der Waals surface area contributed by atoms with Gasteiger partial charge in [0.2, 0.25) is 0 Å². The summed E-state index contributed by atoms with van der Waals surface area (Å²) in [4.78, 5) is 0. The number of benzene rings is 2. The lowest BCUT2D eigenvalue weighted by Gasteiger charge is -2.12. The summed E-state index contributed by atoms with van der Waals surface area (Å²) in [7, 11) is 0. The van der Waals surface area contributed by atoms with E-state index in [1.54, 1.807) is 12.1 Å². The number of nitrogens with two attached hydrogens (primary N) is 1.